The van der Waals surface area contributed by atoms with Gasteiger partial charge in [0.25, 0.3) is 0 Å². The molecule has 2 aromatic carbocycles. The fourth-order valence-electron chi connectivity index (χ4n) is 4.18. The van der Waals surface area contributed by atoms with Crippen molar-refractivity contribution in [3.05, 3.63) is 59.1 Å². The van der Waals surface area contributed by atoms with Crippen LogP contribution in [0.3, 0.4) is 0 Å². The molecule has 0 atom stereocenters. The molecule has 3 nitrogen and oxygen atoms in total. The van der Waals surface area contributed by atoms with E-state index in [1.165, 1.54) is 30.6 Å². The number of amidine groups is 1. The minimum Gasteiger partial charge on any atom is -0.371 e. The van der Waals surface area contributed by atoms with Crippen molar-refractivity contribution in [2.75, 3.05) is 17.3 Å². The number of likely N-dealkylation sites (N-methyl/N-ethyl adjacent to an activating group) is 1. The molecule has 0 unspecified atom stereocenters. The molecule has 2 aromatic rings. The smallest absolute Gasteiger partial charge is 0.129 e. The molecule has 0 radical (unpaired) electrons. The first-order valence-electron chi connectivity index (χ1n) is 9.08. The van der Waals surface area contributed by atoms with Gasteiger partial charge in [-0.3, -0.25) is 4.99 Å². The van der Waals surface area contributed by atoms with Gasteiger partial charge in [-0.1, -0.05) is 55.1 Å². The number of para-hydroxylation sites is 2. The monoisotopic (exact) mass is 353 g/mol. The van der Waals surface area contributed by atoms with Crippen LogP contribution in [0.5, 0.6) is 0 Å². The van der Waals surface area contributed by atoms with Gasteiger partial charge in [-0.15, -0.1) is 0 Å². The highest BCUT2D eigenvalue weighted by Gasteiger charge is 2.43. The summed E-state index contributed by atoms with van der Waals surface area (Å²) in [6.07, 6.45) is 6.09. The Morgan fingerprint density at radius 1 is 1.08 bits per heavy atom. The Bertz CT molecular complexity index is 793. The fraction of sp³-hybridized carbons (Fsp3) is 0.381. The normalized spacial score (nSPS) is 20.4. The Kier molecular flexibility index (Phi) is 4.43. The second-order valence-corrected chi connectivity index (χ2v) is 7.55. The number of nitrogens with zero attached hydrogens (tertiary/aromatic N) is 2. The van der Waals surface area contributed by atoms with E-state index in [0.29, 0.717) is 6.54 Å². The summed E-state index contributed by atoms with van der Waals surface area (Å²) in [7, 11) is 2.15. The molecular formula is C21H24ClN3. The van der Waals surface area contributed by atoms with Crippen LogP contribution in [0.2, 0.25) is 5.02 Å². The molecule has 1 fully saturated rings. The summed E-state index contributed by atoms with van der Waals surface area (Å²) >= 11 is 6.13. The van der Waals surface area contributed by atoms with Crippen molar-refractivity contribution in [2.45, 2.75) is 44.2 Å². The lowest BCUT2D eigenvalue weighted by atomic mass is 9.78. The second-order valence-electron chi connectivity index (χ2n) is 7.11. The van der Waals surface area contributed by atoms with E-state index in [-0.39, 0.29) is 5.54 Å². The lowest BCUT2D eigenvalue weighted by Gasteiger charge is -2.47. The van der Waals surface area contributed by atoms with Crippen LogP contribution in [0, 0.1) is 0 Å². The Balaban J connectivity index is 1.72. The highest BCUT2D eigenvalue weighted by atomic mass is 35.5. The number of halogens is 1. The summed E-state index contributed by atoms with van der Waals surface area (Å²) in [5, 5.41) is 4.61. The van der Waals surface area contributed by atoms with Gasteiger partial charge in [-0.05, 0) is 42.7 Å². The molecule has 0 aromatic heterocycles. The first-order chi connectivity index (χ1) is 12.2. The van der Waals surface area contributed by atoms with E-state index in [9.17, 15) is 0 Å². The maximum absolute atomic E-state index is 6.13. The lowest BCUT2D eigenvalue weighted by Crippen LogP contribution is -2.57. The Hall–Kier alpha value is -2.00. The average molecular weight is 354 g/mol. The summed E-state index contributed by atoms with van der Waals surface area (Å²) in [6, 6.07) is 16.5. The third-order valence-electron chi connectivity index (χ3n) is 5.39. The summed E-state index contributed by atoms with van der Waals surface area (Å²) in [4.78, 5) is 7.35. The van der Waals surface area contributed by atoms with Crippen molar-refractivity contribution in [1.82, 2.24) is 0 Å². The molecule has 1 aliphatic carbocycles. The van der Waals surface area contributed by atoms with Gasteiger partial charge in [0.05, 0.1) is 23.5 Å². The molecule has 2 aliphatic rings. The number of hydrogen-bond donors (Lipinski definition) is 1. The standard InChI is InChI=1S/C21H24ClN3/c1-25-19-11-4-3-10-18(19)24-21(12-5-2-6-13-21)20(25)23-15-16-8-7-9-17(22)14-16/h3-4,7-11,14,24H,2,5-6,12-13,15H2,1H3/b23-20+. The maximum atomic E-state index is 6.13. The van der Waals surface area contributed by atoms with Gasteiger partial charge in [0.1, 0.15) is 5.84 Å². The van der Waals surface area contributed by atoms with Crippen molar-refractivity contribution >= 4 is 28.8 Å². The third kappa shape index (κ3) is 3.13. The summed E-state index contributed by atoms with van der Waals surface area (Å²) in [5.74, 6) is 1.16. The van der Waals surface area contributed by atoms with Gasteiger partial charge in [-0.2, -0.15) is 0 Å². The minimum atomic E-state index is -0.0417. The van der Waals surface area contributed by atoms with E-state index >= 15 is 0 Å². The van der Waals surface area contributed by atoms with Gasteiger partial charge < -0.3 is 10.2 Å². The van der Waals surface area contributed by atoms with Crippen molar-refractivity contribution < 1.29 is 0 Å². The number of rotatable bonds is 2. The van der Waals surface area contributed by atoms with Gasteiger partial charge in [-0.25, -0.2) is 0 Å². The van der Waals surface area contributed by atoms with E-state index in [4.69, 9.17) is 16.6 Å². The SMILES string of the molecule is CN1/C(=N/Cc2cccc(Cl)c2)C2(CCCCC2)Nc2ccccc21. The molecule has 1 N–H and O–H groups in total. The summed E-state index contributed by atoms with van der Waals surface area (Å²) < 4.78 is 0. The predicted molar refractivity (Wildman–Crippen MR) is 107 cm³/mol. The highest BCUT2D eigenvalue weighted by Crippen LogP contribution is 2.42. The van der Waals surface area contributed by atoms with Crippen molar-refractivity contribution in [3.63, 3.8) is 0 Å². The van der Waals surface area contributed by atoms with Crippen LogP contribution in [0.4, 0.5) is 11.4 Å². The zero-order valence-corrected chi connectivity index (χ0v) is 15.4. The number of aliphatic imine (C=N–C) groups is 1. The highest BCUT2D eigenvalue weighted by molar-refractivity contribution is 6.30. The van der Waals surface area contributed by atoms with E-state index in [0.717, 1.165) is 29.3 Å². The van der Waals surface area contributed by atoms with Crippen LogP contribution in [0.25, 0.3) is 0 Å². The quantitative estimate of drug-likeness (QED) is 0.771. The third-order valence-corrected chi connectivity index (χ3v) is 5.63. The van der Waals surface area contributed by atoms with Crippen molar-refractivity contribution in [2.24, 2.45) is 4.99 Å². The number of fused-ring (bicyclic) bond motifs is 1. The van der Waals surface area contributed by atoms with Crippen LogP contribution < -0.4 is 10.2 Å². The first kappa shape index (κ1) is 16.5. The van der Waals surface area contributed by atoms with Gasteiger partial charge >= 0.3 is 0 Å². The van der Waals surface area contributed by atoms with Crippen molar-refractivity contribution in [3.8, 4) is 0 Å². The molecule has 0 amide bonds. The molecule has 4 heteroatoms. The van der Waals surface area contributed by atoms with Gasteiger partial charge in [0.2, 0.25) is 0 Å². The molecule has 4 rings (SSSR count). The summed E-state index contributed by atoms with van der Waals surface area (Å²) in [6.45, 7) is 0.659. The van der Waals surface area contributed by atoms with E-state index in [1.807, 2.05) is 18.2 Å². The van der Waals surface area contributed by atoms with Crippen LogP contribution in [-0.4, -0.2) is 18.4 Å². The zero-order valence-electron chi connectivity index (χ0n) is 14.6. The van der Waals surface area contributed by atoms with E-state index < -0.39 is 0 Å². The molecular weight excluding hydrogens is 330 g/mol. The molecule has 25 heavy (non-hydrogen) atoms. The minimum absolute atomic E-state index is 0.0417. The number of benzene rings is 2. The molecule has 0 bridgehead atoms. The summed E-state index contributed by atoms with van der Waals surface area (Å²) in [5.41, 5.74) is 3.52. The van der Waals surface area contributed by atoms with Crippen LogP contribution >= 0.6 is 11.6 Å². The molecule has 1 saturated carbocycles. The van der Waals surface area contributed by atoms with Crippen LogP contribution in [0.15, 0.2) is 53.5 Å². The topological polar surface area (TPSA) is 27.6 Å². The Morgan fingerprint density at radius 3 is 2.68 bits per heavy atom. The molecule has 1 heterocycles. The first-order valence-corrected chi connectivity index (χ1v) is 9.46. The lowest BCUT2D eigenvalue weighted by molar-refractivity contribution is 0.399. The number of hydrogen-bond acceptors (Lipinski definition) is 2. The molecule has 130 valence electrons. The van der Waals surface area contributed by atoms with Crippen LogP contribution in [-0.2, 0) is 6.54 Å². The number of nitrogens with one attached hydrogen (secondary N) is 1. The molecule has 1 spiro atoms. The predicted octanol–water partition coefficient (Wildman–Crippen LogP) is 5.50. The fourth-order valence-corrected chi connectivity index (χ4v) is 4.40. The van der Waals surface area contributed by atoms with Gasteiger partial charge in [0, 0.05) is 12.1 Å². The van der Waals surface area contributed by atoms with Crippen LogP contribution in [0.1, 0.15) is 37.7 Å². The maximum Gasteiger partial charge on any atom is 0.129 e. The Morgan fingerprint density at radius 2 is 1.88 bits per heavy atom. The Labute approximate surface area is 154 Å². The van der Waals surface area contributed by atoms with E-state index in [2.05, 4.69) is 47.6 Å². The van der Waals surface area contributed by atoms with Crippen molar-refractivity contribution in [1.29, 1.82) is 0 Å². The largest absolute Gasteiger partial charge is 0.371 e. The molecule has 1 aliphatic heterocycles. The average Bonchev–Trinajstić information content (AvgIpc) is 2.62. The number of anilines is 2. The zero-order chi connectivity index (χ0) is 17.3. The second kappa shape index (κ2) is 6.72. The van der Waals surface area contributed by atoms with Gasteiger partial charge in [0.15, 0.2) is 0 Å². The van der Waals surface area contributed by atoms with E-state index in [1.54, 1.807) is 0 Å². The molecule has 0 saturated heterocycles.